The Balaban J connectivity index is 2.51. The highest BCUT2D eigenvalue weighted by molar-refractivity contribution is 14.1. The third kappa shape index (κ3) is 1.96. The van der Waals surface area contributed by atoms with Gasteiger partial charge in [-0.05, 0) is 57.4 Å². The van der Waals surface area contributed by atoms with Crippen LogP contribution in [0.4, 0.5) is 0 Å². The molecule has 1 aliphatic carbocycles. The molecule has 1 heterocycles. The van der Waals surface area contributed by atoms with E-state index in [1.54, 1.807) is 6.07 Å². The zero-order chi connectivity index (χ0) is 10.3. The standard InChI is InChI=1S/C8H7BrINO2S/c9-5-3-7(10)8(11-4-5)14(12,13)6-1-2-6/h3-4,6H,1-2H2. The van der Waals surface area contributed by atoms with Gasteiger partial charge in [-0.3, -0.25) is 0 Å². The van der Waals surface area contributed by atoms with Crippen molar-refractivity contribution < 1.29 is 8.42 Å². The molecule has 0 aliphatic heterocycles. The summed E-state index contributed by atoms with van der Waals surface area (Å²) < 4.78 is 25.2. The van der Waals surface area contributed by atoms with E-state index < -0.39 is 9.84 Å². The molecule has 6 heteroatoms. The van der Waals surface area contributed by atoms with Crippen LogP contribution in [0.25, 0.3) is 0 Å². The van der Waals surface area contributed by atoms with E-state index in [1.165, 1.54) is 6.20 Å². The Bertz CT molecular complexity index is 470. The number of hydrogen-bond donors (Lipinski definition) is 0. The predicted octanol–water partition coefficient (Wildman–Crippen LogP) is 2.38. The van der Waals surface area contributed by atoms with Crippen molar-refractivity contribution in [3.05, 3.63) is 20.3 Å². The van der Waals surface area contributed by atoms with E-state index in [1.807, 2.05) is 22.6 Å². The second-order valence-electron chi connectivity index (χ2n) is 3.18. The minimum Gasteiger partial charge on any atom is -0.243 e. The largest absolute Gasteiger partial charge is 0.243 e. The number of pyridine rings is 1. The van der Waals surface area contributed by atoms with Gasteiger partial charge in [0.25, 0.3) is 0 Å². The third-order valence-corrected chi connectivity index (χ3v) is 5.84. The average molecular weight is 388 g/mol. The predicted molar refractivity (Wildman–Crippen MR) is 64.9 cm³/mol. The average Bonchev–Trinajstić information content (AvgIpc) is 2.84. The summed E-state index contributed by atoms with van der Waals surface area (Å²) in [5.41, 5.74) is 0. The molecule has 0 N–H and O–H groups in total. The zero-order valence-electron chi connectivity index (χ0n) is 7.07. The topological polar surface area (TPSA) is 47.0 Å². The Kier molecular flexibility index (Phi) is 2.87. The first-order valence-corrected chi connectivity index (χ1v) is 7.48. The quantitative estimate of drug-likeness (QED) is 0.732. The molecule has 0 unspecified atom stereocenters. The van der Waals surface area contributed by atoms with Crippen LogP contribution in [0, 0.1) is 3.57 Å². The molecule has 0 atom stereocenters. The van der Waals surface area contributed by atoms with Crippen molar-refractivity contribution in [2.24, 2.45) is 0 Å². The minimum absolute atomic E-state index is 0.190. The number of aromatic nitrogens is 1. The van der Waals surface area contributed by atoms with Crippen LogP contribution in [0.15, 0.2) is 21.8 Å². The summed E-state index contributed by atoms with van der Waals surface area (Å²) in [4.78, 5) is 3.97. The number of rotatable bonds is 2. The first kappa shape index (κ1) is 10.8. The summed E-state index contributed by atoms with van der Waals surface area (Å²) in [5.74, 6) is 0. The summed E-state index contributed by atoms with van der Waals surface area (Å²) in [6, 6.07) is 1.77. The van der Waals surface area contributed by atoms with Crippen molar-refractivity contribution in [3.8, 4) is 0 Å². The molecule has 1 saturated carbocycles. The second-order valence-corrected chi connectivity index (χ2v) is 7.41. The maximum absolute atomic E-state index is 11.8. The summed E-state index contributed by atoms with van der Waals surface area (Å²) in [6.45, 7) is 0. The van der Waals surface area contributed by atoms with Crippen LogP contribution < -0.4 is 0 Å². The van der Waals surface area contributed by atoms with Gasteiger partial charge < -0.3 is 0 Å². The lowest BCUT2D eigenvalue weighted by Gasteiger charge is -2.03. The number of hydrogen-bond acceptors (Lipinski definition) is 3. The van der Waals surface area contributed by atoms with Gasteiger partial charge in [0.1, 0.15) is 0 Å². The van der Waals surface area contributed by atoms with E-state index in [-0.39, 0.29) is 10.3 Å². The Morgan fingerprint density at radius 2 is 2.14 bits per heavy atom. The first-order chi connectivity index (χ1) is 6.51. The summed E-state index contributed by atoms with van der Waals surface area (Å²) in [6.07, 6.45) is 3.07. The third-order valence-electron chi connectivity index (χ3n) is 2.01. The maximum Gasteiger partial charge on any atom is 0.199 e. The van der Waals surface area contributed by atoms with Gasteiger partial charge in [-0.25, -0.2) is 13.4 Å². The fraction of sp³-hybridized carbons (Fsp3) is 0.375. The number of nitrogens with zero attached hydrogens (tertiary/aromatic N) is 1. The van der Waals surface area contributed by atoms with Gasteiger partial charge in [-0.1, -0.05) is 0 Å². The van der Waals surface area contributed by atoms with Crippen molar-refractivity contribution in [2.45, 2.75) is 23.1 Å². The number of sulfone groups is 1. The van der Waals surface area contributed by atoms with Crippen molar-refractivity contribution in [1.82, 2.24) is 4.98 Å². The molecule has 0 radical (unpaired) electrons. The lowest BCUT2D eigenvalue weighted by Crippen LogP contribution is -2.10. The summed E-state index contributed by atoms with van der Waals surface area (Å²) >= 11 is 5.25. The van der Waals surface area contributed by atoms with Crippen molar-refractivity contribution >= 4 is 48.4 Å². The Morgan fingerprint density at radius 1 is 1.50 bits per heavy atom. The lowest BCUT2D eigenvalue weighted by molar-refractivity contribution is 0.590. The second kappa shape index (κ2) is 3.71. The van der Waals surface area contributed by atoms with E-state index in [9.17, 15) is 8.42 Å². The Hall–Kier alpha value is 0.310. The maximum atomic E-state index is 11.8. The van der Waals surface area contributed by atoms with Crippen LogP contribution in [0.1, 0.15) is 12.8 Å². The van der Waals surface area contributed by atoms with Gasteiger partial charge in [0.15, 0.2) is 14.9 Å². The molecule has 3 nitrogen and oxygen atoms in total. The van der Waals surface area contributed by atoms with Crippen LogP contribution in [0.5, 0.6) is 0 Å². The first-order valence-electron chi connectivity index (χ1n) is 4.07. The van der Waals surface area contributed by atoms with E-state index >= 15 is 0 Å². The fourth-order valence-electron chi connectivity index (χ4n) is 1.15. The van der Waals surface area contributed by atoms with Gasteiger partial charge >= 0.3 is 0 Å². The van der Waals surface area contributed by atoms with E-state index in [4.69, 9.17) is 0 Å². The van der Waals surface area contributed by atoms with Crippen LogP contribution in [0.2, 0.25) is 0 Å². The van der Waals surface area contributed by atoms with Gasteiger partial charge in [-0.2, -0.15) is 0 Å². The molecule has 0 amide bonds. The fourth-order valence-corrected chi connectivity index (χ4v) is 4.91. The van der Waals surface area contributed by atoms with Gasteiger partial charge in [0, 0.05) is 10.7 Å². The molecule has 76 valence electrons. The van der Waals surface area contributed by atoms with Crippen molar-refractivity contribution in [2.75, 3.05) is 0 Å². The van der Waals surface area contributed by atoms with Gasteiger partial charge in [0.05, 0.1) is 8.82 Å². The van der Waals surface area contributed by atoms with Crippen LogP contribution in [-0.4, -0.2) is 18.7 Å². The molecular formula is C8H7BrINO2S. The molecule has 0 aromatic carbocycles. The molecule has 1 aromatic rings. The SMILES string of the molecule is O=S(=O)(c1ncc(Br)cc1I)C1CC1. The molecule has 1 fully saturated rings. The highest BCUT2D eigenvalue weighted by atomic mass is 127. The van der Waals surface area contributed by atoms with E-state index in [2.05, 4.69) is 20.9 Å². The zero-order valence-corrected chi connectivity index (χ0v) is 11.6. The Morgan fingerprint density at radius 3 is 2.64 bits per heavy atom. The smallest absolute Gasteiger partial charge is 0.199 e. The van der Waals surface area contributed by atoms with Gasteiger partial charge in [0.2, 0.25) is 0 Å². The highest BCUT2D eigenvalue weighted by Gasteiger charge is 2.38. The molecule has 1 aliphatic rings. The normalized spacial score (nSPS) is 17.0. The monoisotopic (exact) mass is 387 g/mol. The van der Waals surface area contributed by atoms with Crippen molar-refractivity contribution in [3.63, 3.8) is 0 Å². The Labute approximate surface area is 104 Å². The van der Waals surface area contributed by atoms with E-state index in [0.717, 1.165) is 17.3 Å². The molecule has 14 heavy (non-hydrogen) atoms. The highest BCUT2D eigenvalue weighted by Crippen LogP contribution is 2.34. The molecule has 2 rings (SSSR count). The van der Waals surface area contributed by atoms with Gasteiger partial charge in [-0.15, -0.1) is 0 Å². The minimum atomic E-state index is -3.15. The molecular weight excluding hydrogens is 381 g/mol. The molecule has 1 aromatic heterocycles. The summed E-state index contributed by atoms with van der Waals surface area (Å²) in [7, 11) is -3.15. The van der Waals surface area contributed by atoms with Crippen molar-refractivity contribution in [1.29, 1.82) is 0 Å². The van der Waals surface area contributed by atoms with E-state index in [0.29, 0.717) is 3.57 Å². The number of halogens is 2. The van der Waals surface area contributed by atoms with Crippen LogP contribution in [0.3, 0.4) is 0 Å². The molecule has 0 spiro atoms. The lowest BCUT2D eigenvalue weighted by atomic mass is 10.5. The summed E-state index contributed by atoms with van der Waals surface area (Å²) in [5, 5.41) is 0.0356. The van der Waals surface area contributed by atoms with Crippen LogP contribution in [-0.2, 0) is 9.84 Å². The van der Waals surface area contributed by atoms with Crippen LogP contribution >= 0.6 is 38.5 Å². The molecule has 0 bridgehead atoms. The molecule has 0 saturated heterocycles.